The monoisotopic (exact) mass is 512 g/mol. The fourth-order valence-electron chi connectivity index (χ4n) is 5.50. The molecule has 2 fully saturated rings. The van der Waals surface area contributed by atoms with Gasteiger partial charge in [0.25, 0.3) is 0 Å². The lowest BCUT2D eigenvalue weighted by molar-refractivity contribution is -0.126. The molecule has 0 aliphatic carbocycles. The Kier molecular flexibility index (Phi) is 7.05. The largest absolute Gasteiger partial charge is 0.483 e. The number of carbonyl (C=O) groups excluding carboxylic acids is 2. The molecule has 0 radical (unpaired) electrons. The van der Waals surface area contributed by atoms with Crippen molar-refractivity contribution >= 4 is 23.2 Å². The SMILES string of the molecule is CCc1cc(=O)c2ccc3c(c2o1)[C@@H](OC(=O)N1CCCCC1)[C@@H](OC(=O)N1CCCCC1)C(C)(C)O3. The van der Waals surface area contributed by atoms with Gasteiger partial charge in [0.2, 0.25) is 0 Å². The van der Waals surface area contributed by atoms with E-state index in [0.717, 1.165) is 38.5 Å². The molecular weight excluding hydrogens is 476 g/mol. The lowest BCUT2D eigenvalue weighted by Crippen LogP contribution is -2.54. The third kappa shape index (κ3) is 5.00. The molecule has 1 aromatic carbocycles. The van der Waals surface area contributed by atoms with Crippen LogP contribution in [0.3, 0.4) is 0 Å². The molecule has 0 N–H and O–H groups in total. The number of hydrogen-bond donors (Lipinski definition) is 0. The van der Waals surface area contributed by atoms with Crippen molar-refractivity contribution in [3.63, 3.8) is 0 Å². The van der Waals surface area contributed by atoms with Crippen molar-refractivity contribution in [2.45, 2.75) is 83.5 Å². The van der Waals surface area contributed by atoms with E-state index in [1.165, 1.54) is 6.07 Å². The summed E-state index contributed by atoms with van der Waals surface area (Å²) in [5, 5.41) is 0.361. The molecule has 2 atom stereocenters. The average molecular weight is 513 g/mol. The fraction of sp³-hybridized carbons (Fsp3) is 0.607. The minimum Gasteiger partial charge on any atom is -0.483 e. The topological polar surface area (TPSA) is 98.5 Å². The van der Waals surface area contributed by atoms with E-state index in [1.807, 2.05) is 20.8 Å². The number of aryl methyl sites for hydroxylation is 1. The lowest BCUT2D eigenvalue weighted by Gasteiger charge is -2.44. The highest BCUT2D eigenvalue weighted by molar-refractivity contribution is 5.84. The van der Waals surface area contributed by atoms with Crippen molar-refractivity contribution in [2.75, 3.05) is 26.2 Å². The van der Waals surface area contributed by atoms with Crippen molar-refractivity contribution in [3.05, 3.63) is 39.7 Å². The summed E-state index contributed by atoms with van der Waals surface area (Å²) >= 11 is 0. The van der Waals surface area contributed by atoms with Crippen LogP contribution in [0.2, 0.25) is 0 Å². The van der Waals surface area contributed by atoms with Crippen LogP contribution in [0.25, 0.3) is 11.0 Å². The number of carbonyl (C=O) groups is 2. The van der Waals surface area contributed by atoms with Crippen LogP contribution in [0.5, 0.6) is 5.75 Å². The molecule has 4 heterocycles. The summed E-state index contributed by atoms with van der Waals surface area (Å²) in [7, 11) is 0. The number of hydrogen-bond acceptors (Lipinski definition) is 7. The first kappa shape index (κ1) is 25.4. The Hall–Kier alpha value is -3.23. The Balaban J connectivity index is 1.60. The predicted octanol–water partition coefficient (Wildman–Crippen LogP) is 5.18. The zero-order valence-corrected chi connectivity index (χ0v) is 21.9. The molecule has 37 heavy (non-hydrogen) atoms. The molecule has 5 rings (SSSR count). The van der Waals surface area contributed by atoms with E-state index in [1.54, 1.807) is 21.9 Å². The Morgan fingerprint density at radius 2 is 1.54 bits per heavy atom. The van der Waals surface area contributed by atoms with E-state index in [-0.39, 0.29) is 5.43 Å². The van der Waals surface area contributed by atoms with E-state index in [9.17, 15) is 14.4 Å². The average Bonchev–Trinajstić information content (AvgIpc) is 2.90. The van der Waals surface area contributed by atoms with Crippen LogP contribution in [0.4, 0.5) is 9.59 Å². The van der Waals surface area contributed by atoms with E-state index in [4.69, 9.17) is 18.6 Å². The first-order valence-electron chi connectivity index (χ1n) is 13.5. The first-order valence-corrected chi connectivity index (χ1v) is 13.5. The summed E-state index contributed by atoms with van der Waals surface area (Å²) < 4.78 is 24.7. The van der Waals surface area contributed by atoms with Crippen LogP contribution in [-0.2, 0) is 15.9 Å². The summed E-state index contributed by atoms with van der Waals surface area (Å²) in [6, 6.07) is 4.84. The van der Waals surface area contributed by atoms with Crippen LogP contribution >= 0.6 is 0 Å². The summed E-state index contributed by atoms with van der Waals surface area (Å²) in [6.45, 7) is 8.00. The number of piperidine rings is 2. The normalized spacial score (nSPS) is 23.2. The number of benzene rings is 1. The minimum atomic E-state index is -1.01. The van der Waals surface area contributed by atoms with Gasteiger partial charge in [0.15, 0.2) is 17.6 Å². The molecule has 1 aromatic heterocycles. The van der Waals surface area contributed by atoms with Crippen LogP contribution in [0.15, 0.2) is 27.4 Å². The summed E-state index contributed by atoms with van der Waals surface area (Å²) in [5.74, 6) is 0.953. The molecule has 2 aromatic rings. The zero-order valence-electron chi connectivity index (χ0n) is 21.9. The molecule has 0 unspecified atom stereocenters. The number of fused-ring (bicyclic) bond motifs is 3. The zero-order chi connectivity index (χ0) is 26.2. The maximum absolute atomic E-state index is 13.4. The standard InChI is InChI=1S/C28H36N2O7/c1-4-18-17-20(31)19-11-12-21-22(23(19)34-18)24(35-26(32)29-13-7-5-8-14-29)25(28(2,3)37-21)36-27(33)30-15-9-6-10-16-30/h11-12,17,24-25H,4-10,13-16H2,1-3H3/t24-,25-/m1/s1. The van der Waals surface area contributed by atoms with Crippen molar-refractivity contribution in [1.82, 2.24) is 9.80 Å². The van der Waals surface area contributed by atoms with Gasteiger partial charge in [-0.2, -0.15) is 0 Å². The molecule has 0 spiro atoms. The second kappa shape index (κ2) is 10.3. The summed E-state index contributed by atoms with van der Waals surface area (Å²) in [4.78, 5) is 42.9. The molecule has 200 valence electrons. The Labute approximate surface area is 216 Å². The van der Waals surface area contributed by atoms with Gasteiger partial charge < -0.3 is 28.4 Å². The fourth-order valence-corrected chi connectivity index (χ4v) is 5.50. The van der Waals surface area contributed by atoms with Crippen molar-refractivity contribution in [2.24, 2.45) is 0 Å². The van der Waals surface area contributed by atoms with Gasteiger partial charge in [0, 0.05) is 38.7 Å². The summed E-state index contributed by atoms with van der Waals surface area (Å²) in [5.41, 5.74) is -0.478. The molecule has 0 saturated carbocycles. The van der Waals surface area contributed by atoms with Gasteiger partial charge in [-0.05, 0) is 64.5 Å². The second-order valence-corrected chi connectivity index (χ2v) is 10.7. The highest BCUT2D eigenvalue weighted by Crippen LogP contribution is 2.46. The van der Waals surface area contributed by atoms with Gasteiger partial charge in [-0.15, -0.1) is 0 Å². The minimum absolute atomic E-state index is 0.186. The maximum Gasteiger partial charge on any atom is 0.410 e. The van der Waals surface area contributed by atoms with E-state index >= 15 is 0 Å². The van der Waals surface area contributed by atoms with Crippen molar-refractivity contribution in [1.29, 1.82) is 0 Å². The highest BCUT2D eigenvalue weighted by atomic mass is 16.6. The molecule has 3 aliphatic heterocycles. The Morgan fingerprint density at radius 3 is 2.14 bits per heavy atom. The second-order valence-electron chi connectivity index (χ2n) is 10.7. The molecular formula is C28H36N2O7. The van der Waals surface area contributed by atoms with Crippen LogP contribution in [0, 0.1) is 0 Å². The molecule has 2 amide bonds. The van der Waals surface area contributed by atoms with Gasteiger partial charge in [-0.25, -0.2) is 9.59 Å². The lowest BCUT2D eigenvalue weighted by atomic mass is 9.87. The highest BCUT2D eigenvalue weighted by Gasteiger charge is 2.51. The number of ether oxygens (including phenoxy) is 3. The van der Waals surface area contributed by atoms with E-state index in [0.29, 0.717) is 60.6 Å². The third-order valence-corrected chi connectivity index (χ3v) is 7.60. The maximum atomic E-state index is 13.4. The van der Waals surface area contributed by atoms with Gasteiger partial charge in [0.1, 0.15) is 22.7 Å². The molecule has 9 nitrogen and oxygen atoms in total. The number of likely N-dealkylation sites (tertiary alicyclic amines) is 2. The molecule has 9 heteroatoms. The Bertz CT molecular complexity index is 1220. The molecule has 0 bridgehead atoms. The Morgan fingerprint density at radius 1 is 0.946 bits per heavy atom. The smallest absolute Gasteiger partial charge is 0.410 e. The summed E-state index contributed by atoms with van der Waals surface area (Å²) in [6.07, 6.45) is 3.44. The van der Waals surface area contributed by atoms with Crippen molar-refractivity contribution in [3.8, 4) is 5.75 Å². The van der Waals surface area contributed by atoms with Crippen molar-refractivity contribution < 1.29 is 28.2 Å². The van der Waals surface area contributed by atoms with Gasteiger partial charge in [0.05, 0.1) is 10.9 Å². The van der Waals surface area contributed by atoms with Crippen LogP contribution in [0.1, 0.15) is 76.7 Å². The van der Waals surface area contributed by atoms with Crippen LogP contribution in [-0.4, -0.2) is 59.9 Å². The molecule has 2 saturated heterocycles. The van der Waals surface area contributed by atoms with Gasteiger partial charge >= 0.3 is 12.2 Å². The number of rotatable bonds is 3. The van der Waals surface area contributed by atoms with Gasteiger partial charge in [-0.3, -0.25) is 4.79 Å². The third-order valence-electron chi connectivity index (χ3n) is 7.60. The van der Waals surface area contributed by atoms with Gasteiger partial charge in [-0.1, -0.05) is 6.92 Å². The molecule has 3 aliphatic rings. The number of nitrogens with zero attached hydrogens (tertiary/aromatic N) is 2. The predicted molar refractivity (Wildman–Crippen MR) is 137 cm³/mol. The van der Waals surface area contributed by atoms with Crippen LogP contribution < -0.4 is 10.2 Å². The van der Waals surface area contributed by atoms with E-state index in [2.05, 4.69) is 0 Å². The number of amides is 2. The first-order chi connectivity index (χ1) is 17.8. The van der Waals surface area contributed by atoms with E-state index < -0.39 is 30.0 Å². The quantitative estimate of drug-likeness (QED) is 0.559.